The molecule has 24 heavy (non-hydrogen) atoms. The molecular weight excluding hydrogens is 302 g/mol. The molecule has 0 spiro atoms. The highest BCUT2D eigenvalue weighted by Gasteiger charge is 2.28. The van der Waals surface area contributed by atoms with Gasteiger partial charge >= 0.3 is 0 Å². The van der Waals surface area contributed by atoms with Crippen molar-refractivity contribution in [2.24, 2.45) is 5.92 Å². The Morgan fingerprint density at radius 2 is 2.04 bits per heavy atom. The van der Waals surface area contributed by atoms with E-state index in [4.69, 9.17) is 0 Å². The van der Waals surface area contributed by atoms with Crippen molar-refractivity contribution in [1.29, 1.82) is 0 Å². The third-order valence-corrected chi connectivity index (χ3v) is 4.88. The Kier molecular flexibility index (Phi) is 5.44. The molecule has 0 aliphatic carbocycles. The Bertz CT molecular complexity index is 719. The Labute approximate surface area is 143 Å². The van der Waals surface area contributed by atoms with Crippen LogP contribution in [0.1, 0.15) is 48.8 Å². The molecule has 1 aromatic heterocycles. The maximum atomic E-state index is 12.5. The molecule has 0 bridgehead atoms. The van der Waals surface area contributed by atoms with Gasteiger partial charge < -0.3 is 10.4 Å². The van der Waals surface area contributed by atoms with E-state index >= 15 is 0 Å². The minimum atomic E-state index is -0.926. The summed E-state index contributed by atoms with van der Waals surface area (Å²) in [5.74, 6) is -0.107. The van der Waals surface area contributed by atoms with Crippen molar-refractivity contribution in [3.8, 4) is 5.69 Å². The summed E-state index contributed by atoms with van der Waals surface area (Å²) in [6.45, 7) is 9.87. The smallest absolute Gasteiger partial charge is 0.254 e. The predicted octanol–water partition coefficient (Wildman–Crippen LogP) is 3.02. The quantitative estimate of drug-likeness (QED) is 0.856. The van der Waals surface area contributed by atoms with Crippen LogP contribution in [0.3, 0.4) is 0 Å². The number of rotatable bonds is 6. The van der Waals surface area contributed by atoms with Gasteiger partial charge in [-0.3, -0.25) is 4.79 Å². The molecule has 0 fully saturated rings. The van der Waals surface area contributed by atoms with Gasteiger partial charge in [0.2, 0.25) is 0 Å². The number of aliphatic hydroxyl groups is 1. The van der Waals surface area contributed by atoms with Gasteiger partial charge in [-0.1, -0.05) is 38.5 Å². The summed E-state index contributed by atoms with van der Waals surface area (Å²) in [6, 6.07) is 7.92. The summed E-state index contributed by atoms with van der Waals surface area (Å²) < 4.78 is 1.77. The number of nitrogens with zero attached hydrogens (tertiary/aromatic N) is 2. The standard InChI is InChI=1S/C19H27N3O2/c1-6-14(3)19(5,24)12-20-18(23)16-11-21-22(15(16)4)17-10-8-7-9-13(17)2/h7-11,14,24H,6,12H2,1-5H3,(H,20,23). The minimum Gasteiger partial charge on any atom is -0.388 e. The molecule has 2 rings (SSSR count). The SMILES string of the molecule is CCC(C)C(C)(O)CNC(=O)c1cnn(-c2ccccc2C)c1C. The van der Waals surface area contributed by atoms with Crippen LogP contribution in [0.25, 0.3) is 5.69 Å². The van der Waals surface area contributed by atoms with Gasteiger partial charge in [-0.2, -0.15) is 5.10 Å². The van der Waals surface area contributed by atoms with Crippen molar-refractivity contribution in [3.05, 3.63) is 47.3 Å². The molecule has 1 aromatic carbocycles. The fourth-order valence-corrected chi connectivity index (χ4v) is 2.64. The third kappa shape index (κ3) is 3.67. The van der Waals surface area contributed by atoms with Crippen molar-refractivity contribution in [3.63, 3.8) is 0 Å². The molecule has 5 heteroatoms. The topological polar surface area (TPSA) is 67.2 Å². The van der Waals surface area contributed by atoms with Gasteiger partial charge in [-0.05, 0) is 38.3 Å². The monoisotopic (exact) mass is 329 g/mol. The summed E-state index contributed by atoms with van der Waals surface area (Å²) in [7, 11) is 0. The molecule has 0 saturated carbocycles. The number of benzene rings is 1. The first-order chi connectivity index (χ1) is 11.3. The van der Waals surface area contributed by atoms with Gasteiger partial charge in [-0.15, -0.1) is 0 Å². The average Bonchev–Trinajstić information content (AvgIpc) is 2.94. The molecule has 1 heterocycles. The van der Waals surface area contributed by atoms with Gasteiger partial charge in [0.15, 0.2) is 0 Å². The average molecular weight is 329 g/mol. The molecular formula is C19H27N3O2. The lowest BCUT2D eigenvalue weighted by molar-refractivity contribution is 0.00592. The molecule has 0 aliphatic rings. The van der Waals surface area contributed by atoms with Crippen LogP contribution >= 0.6 is 0 Å². The van der Waals surface area contributed by atoms with E-state index in [1.165, 1.54) is 0 Å². The van der Waals surface area contributed by atoms with E-state index in [0.29, 0.717) is 5.56 Å². The van der Waals surface area contributed by atoms with E-state index in [-0.39, 0.29) is 18.4 Å². The van der Waals surface area contributed by atoms with Gasteiger partial charge in [0.25, 0.3) is 5.91 Å². The largest absolute Gasteiger partial charge is 0.388 e. The number of amides is 1. The van der Waals surface area contributed by atoms with Crippen LogP contribution in [-0.2, 0) is 0 Å². The van der Waals surface area contributed by atoms with Crippen molar-refractivity contribution in [2.75, 3.05) is 6.54 Å². The van der Waals surface area contributed by atoms with Crippen LogP contribution in [0, 0.1) is 19.8 Å². The summed E-state index contributed by atoms with van der Waals surface area (Å²) in [5, 5.41) is 17.6. The first-order valence-electron chi connectivity index (χ1n) is 8.39. The zero-order chi connectivity index (χ0) is 17.9. The normalized spacial score (nSPS) is 14.9. The highest BCUT2D eigenvalue weighted by Crippen LogP contribution is 2.20. The van der Waals surface area contributed by atoms with Crippen LogP contribution in [0.5, 0.6) is 0 Å². The summed E-state index contributed by atoms with van der Waals surface area (Å²) in [6.07, 6.45) is 2.43. The van der Waals surface area contributed by atoms with Crippen molar-refractivity contribution in [1.82, 2.24) is 15.1 Å². The Morgan fingerprint density at radius 3 is 2.67 bits per heavy atom. The predicted molar refractivity (Wildman–Crippen MR) is 95.5 cm³/mol. The van der Waals surface area contributed by atoms with Crippen LogP contribution in [0.2, 0.25) is 0 Å². The summed E-state index contributed by atoms with van der Waals surface area (Å²) in [5.41, 5.74) is 2.43. The van der Waals surface area contributed by atoms with Gasteiger partial charge in [0.05, 0.1) is 28.7 Å². The number of aryl methyl sites for hydroxylation is 1. The number of carbonyl (C=O) groups is 1. The highest BCUT2D eigenvalue weighted by molar-refractivity contribution is 5.95. The molecule has 0 radical (unpaired) electrons. The molecule has 1 amide bonds. The Hall–Kier alpha value is -2.14. The van der Waals surface area contributed by atoms with Crippen LogP contribution in [0.4, 0.5) is 0 Å². The van der Waals surface area contributed by atoms with E-state index in [1.54, 1.807) is 17.8 Å². The molecule has 2 aromatic rings. The zero-order valence-electron chi connectivity index (χ0n) is 15.1. The molecule has 2 N–H and O–H groups in total. The van der Waals surface area contributed by atoms with Crippen molar-refractivity contribution >= 4 is 5.91 Å². The van der Waals surface area contributed by atoms with Gasteiger partial charge in [0.1, 0.15) is 0 Å². The molecule has 2 atom stereocenters. The maximum Gasteiger partial charge on any atom is 0.254 e. The van der Waals surface area contributed by atoms with E-state index in [1.807, 2.05) is 52.0 Å². The van der Waals surface area contributed by atoms with E-state index in [2.05, 4.69) is 10.4 Å². The number of hydrogen-bond acceptors (Lipinski definition) is 3. The highest BCUT2D eigenvalue weighted by atomic mass is 16.3. The molecule has 2 unspecified atom stereocenters. The zero-order valence-corrected chi connectivity index (χ0v) is 15.1. The van der Waals surface area contributed by atoms with E-state index < -0.39 is 5.60 Å². The molecule has 0 saturated heterocycles. The number of para-hydroxylation sites is 1. The second-order valence-corrected chi connectivity index (χ2v) is 6.69. The van der Waals surface area contributed by atoms with Crippen LogP contribution < -0.4 is 5.32 Å². The summed E-state index contributed by atoms with van der Waals surface area (Å²) in [4.78, 5) is 12.5. The minimum absolute atomic E-state index is 0.105. The third-order valence-electron chi connectivity index (χ3n) is 4.88. The number of aromatic nitrogens is 2. The second-order valence-electron chi connectivity index (χ2n) is 6.69. The van der Waals surface area contributed by atoms with Crippen LogP contribution in [0.15, 0.2) is 30.5 Å². The van der Waals surface area contributed by atoms with Crippen molar-refractivity contribution < 1.29 is 9.90 Å². The summed E-state index contributed by atoms with van der Waals surface area (Å²) >= 11 is 0. The molecule has 0 aliphatic heterocycles. The lowest BCUT2D eigenvalue weighted by Crippen LogP contribution is -2.45. The number of hydrogen-bond donors (Lipinski definition) is 2. The van der Waals surface area contributed by atoms with Crippen molar-refractivity contribution in [2.45, 2.75) is 46.6 Å². The first kappa shape index (κ1) is 18.2. The maximum absolute atomic E-state index is 12.5. The van der Waals surface area contributed by atoms with Gasteiger partial charge in [0, 0.05) is 6.54 Å². The Morgan fingerprint density at radius 1 is 1.38 bits per heavy atom. The molecule has 5 nitrogen and oxygen atoms in total. The Balaban J connectivity index is 2.17. The number of nitrogens with one attached hydrogen (secondary N) is 1. The van der Waals surface area contributed by atoms with E-state index in [9.17, 15) is 9.90 Å². The van der Waals surface area contributed by atoms with E-state index in [0.717, 1.165) is 23.4 Å². The fraction of sp³-hybridized carbons (Fsp3) is 0.474. The lowest BCUT2D eigenvalue weighted by Gasteiger charge is -2.29. The molecule has 130 valence electrons. The fourth-order valence-electron chi connectivity index (χ4n) is 2.64. The second kappa shape index (κ2) is 7.18. The lowest BCUT2D eigenvalue weighted by atomic mass is 9.88. The number of carbonyl (C=O) groups excluding carboxylic acids is 1. The van der Waals surface area contributed by atoms with Gasteiger partial charge in [-0.25, -0.2) is 4.68 Å². The van der Waals surface area contributed by atoms with Crippen LogP contribution in [-0.4, -0.2) is 32.9 Å². The first-order valence-corrected chi connectivity index (χ1v) is 8.39.